The Kier molecular flexibility index (Phi) is 23.5. The summed E-state index contributed by atoms with van der Waals surface area (Å²) in [5, 5.41) is 0. The number of carbonyl (C=O) groups is 1. The van der Waals surface area contributed by atoms with Crippen LogP contribution >= 0.6 is 7.26 Å². The molecule has 0 aliphatic rings. The van der Waals surface area contributed by atoms with E-state index in [0.717, 1.165) is 12.8 Å². The first-order valence-electron chi connectivity index (χ1n) is 13.3. The number of hydrogen-bond acceptors (Lipinski definition) is 4. The van der Waals surface area contributed by atoms with Crippen LogP contribution in [0.1, 0.15) is 112 Å². The Morgan fingerprint density at radius 3 is 1.53 bits per heavy atom. The van der Waals surface area contributed by atoms with Gasteiger partial charge in [-0.15, -0.1) is 0 Å². The number of ether oxygens (including phenoxy) is 3. The SMILES string of the molecule is CCCC[P+](CCCC)(CCCC)CCCCC(CCC(=O)OCC)(OCC)OCC.[Br-]. The smallest absolute Gasteiger partial charge is 0.305 e. The lowest BCUT2D eigenvalue weighted by atomic mass is 10.0. The van der Waals surface area contributed by atoms with Crippen molar-refractivity contribution in [3.8, 4) is 0 Å². The minimum absolute atomic E-state index is 0. The second-order valence-corrected chi connectivity index (χ2v) is 13.3. The number of hydrogen-bond donors (Lipinski definition) is 0. The normalized spacial score (nSPS) is 11.9. The monoisotopic (exact) mass is 540 g/mol. The first kappa shape index (κ1) is 34.5. The molecule has 194 valence electrons. The molecule has 32 heavy (non-hydrogen) atoms. The van der Waals surface area contributed by atoms with Gasteiger partial charge in [-0.2, -0.15) is 0 Å². The van der Waals surface area contributed by atoms with Crippen molar-refractivity contribution in [2.75, 3.05) is 44.5 Å². The predicted molar refractivity (Wildman–Crippen MR) is 137 cm³/mol. The van der Waals surface area contributed by atoms with Crippen LogP contribution < -0.4 is 17.0 Å². The summed E-state index contributed by atoms with van der Waals surface area (Å²) in [4.78, 5) is 11.9. The zero-order valence-electron chi connectivity index (χ0n) is 22.2. The highest BCUT2D eigenvalue weighted by Crippen LogP contribution is 2.61. The second kappa shape index (κ2) is 21.8. The molecule has 0 unspecified atom stereocenters. The molecule has 0 aliphatic heterocycles. The van der Waals surface area contributed by atoms with Gasteiger partial charge in [-0.3, -0.25) is 4.79 Å². The van der Waals surface area contributed by atoms with E-state index < -0.39 is 13.0 Å². The molecule has 0 spiro atoms. The fourth-order valence-corrected chi connectivity index (χ4v) is 9.70. The number of halogens is 1. The van der Waals surface area contributed by atoms with Crippen LogP contribution in [0.5, 0.6) is 0 Å². The van der Waals surface area contributed by atoms with Crippen molar-refractivity contribution in [2.45, 2.75) is 118 Å². The maximum absolute atomic E-state index is 11.9. The predicted octanol–water partition coefficient (Wildman–Crippen LogP) is 4.69. The van der Waals surface area contributed by atoms with E-state index in [1.807, 2.05) is 20.8 Å². The van der Waals surface area contributed by atoms with Crippen LogP contribution in [0.2, 0.25) is 0 Å². The molecule has 6 heteroatoms. The van der Waals surface area contributed by atoms with E-state index in [9.17, 15) is 4.79 Å². The van der Waals surface area contributed by atoms with Crippen LogP contribution in [0.4, 0.5) is 0 Å². The molecule has 0 bridgehead atoms. The van der Waals surface area contributed by atoms with Crippen molar-refractivity contribution in [1.82, 2.24) is 0 Å². The van der Waals surface area contributed by atoms with Gasteiger partial charge < -0.3 is 31.2 Å². The van der Waals surface area contributed by atoms with Crippen molar-refractivity contribution in [2.24, 2.45) is 0 Å². The Hall–Kier alpha value is 0.300. The summed E-state index contributed by atoms with van der Waals surface area (Å²) in [6.45, 7) is 14.5. The lowest BCUT2D eigenvalue weighted by Crippen LogP contribution is -3.00. The molecule has 0 N–H and O–H groups in total. The van der Waals surface area contributed by atoms with E-state index in [1.54, 1.807) is 0 Å². The van der Waals surface area contributed by atoms with Crippen molar-refractivity contribution < 1.29 is 36.0 Å². The molecule has 0 heterocycles. The third kappa shape index (κ3) is 15.3. The van der Waals surface area contributed by atoms with Crippen LogP contribution in [0.25, 0.3) is 0 Å². The van der Waals surface area contributed by atoms with E-state index in [4.69, 9.17) is 14.2 Å². The largest absolute Gasteiger partial charge is 1.00 e. The van der Waals surface area contributed by atoms with Gasteiger partial charge in [0, 0.05) is 33.3 Å². The molecule has 4 nitrogen and oxygen atoms in total. The highest BCUT2D eigenvalue weighted by Gasteiger charge is 2.36. The number of rotatable bonds is 22. The summed E-state index contributed by atoms with van der Waals surface area (Å²) in [7, 11) is -0.854. The van der Waals surface area contributed by atoms with Gasteiger partial charge in [0.2, 0.25) is 0 Å². The average molecular weight is 542 g/mol. The summed E-state index contributed by atoms with van der Waals surface area (Å²) >= 11 is 0. The molecule has 0 aromatic heterocycles. The van der Waals surface area contributed by atoms with Gasteiger partial charge in [0.05, 0.1) is 37.7 Å². The first-order chi connectivity index (χ1) is 15.0. The van der Waals surface area contributed by atoms with Gasteiger partial charge in [-0.05, 0) is 52.9 Å². The Morgan fingerprint density at radius 1 is 0.656 bits per heavy atom. The van der Waals surface area contributed by atoms with Gasteiger partial charge >= 0.3 is 5.97 Å². The lowest BCUT2D eigenvalue weighted by Gasteiger charge is -2.34. The molecule has 0 aromatic rings. The Morgan fingerprint density at radius 2 is 1.12 bits per heavy atom. The van der Waals surface area contributed by atoms with Crippen molar-refractivity contribution in [1.29, 1.82) is 0 Å². The summed E-state index contributed by atoms with van der Waals surface area (Å²) < 4.78 is 17.3. The van der Waals surface area contributed by atoms with Crippen LogP contribution in [0.3, 0.4) is 0 Å². The average Bonchev–Trinajstić information content (AvgIpc) is 2.76. The molecule has 0 aromatic carbocycles. The van der Waals surface area contributed by atoms with Gasteiger partial charge in [-0.25, -0.2) is 0 Å². The minimum atomic E-state index is -0.854. The molecular formula is C26H54BrO4P. The molecule has 0 radical (unpaired) electrons. The molecule has 0 rings (SSSR count). The molecule has 0 fully saturated rings. The fraction of sp³-hybridized carbons (Fsp3) is 0.962. The zero-order valence-corrected chi connectivity index (χ0v) is 24.7. The van der Waals surface area contributed by atoms with Gasteiger partial charge in [0.25, 0.3) is 0 Å². The van der Waals surface area contributed by atoms with E-state index in [2.05, 4.69) is 20.8 Å². The molecular weight excluding hydrogens is 487 g/mol. The molecule has 0 saturated heterocycles. The van der Waals surface area contributed by atoms with Gasteiger partial charge in [-0.1, -0.05) is 40.0 Å². The summed E-state index contributed by atoms with van der Waals surface area (Å²) in [5.74, 6) is -0.803. The summed E-state index contributed by atoms with van der Waals surface area (Å²) in [6.07, 6.45) is 18.1. The molecule has 0 amide bonds. The maximum atomic E-state index is 11.9. The van der Waals surface area contributed by atoms with E-state index >= 15 is 0 Å². The zero-order chi connectivity index (χ0) is 23.4. The Labute approximate surface area is 211 Å². The lowest BCUT2D eigenvalue weighted by molar-refractivity contribution is -0.242. The van der Waals surface area contributed by atoms with Gasteiger partial charge in [0.1, 0.15) is 0 Å². The molecule has 0 atom stereocenters. The maximum Gasteiger partial charge on any atom is 0.305 e. The third-order valence-corrected chi connectivity index (χ3v) is 11.3. The number of carbonyl (C=O) groups excluding carboxylic acids is 1. The number of esters is 1. The second-order valence-electron chi connectivity index (χ2n) is 8.84. The summed E-state index contributed by atoms with van der Waals surface area (Å²) in [6, 6.07) is 0. The highest BCUT2D eigenvalue weighted by atomic mass is 79.9. The molecule has 0 saturated carbocycles. The minimum Gasteiger partial charge on any atom is -1.00 e. The van der Waals surface area contributed by atoms with E-state index in [0.29, 0.717) is 32.7 Å². The van der Waals surface area contributed by atoms with Gasteiger partial charge in [0.15, 0.2) is 5.79 Å². The number of unbranched alkanes of at least 4 members (excludes halogenated alkanes) is 4. The summed E-state index contributed by atoms with van der Waals surface area (Å²) in [5.41, 5.74) is 0. The van der Waals surface area contributed by atoms with Crippen LogP contribution in [0, 0.1) is 0 Å². The van der Waals surface area contributed by atoms with E-state index in [1.165, 1.54) is 69.6 Å². The van der Waals surface area contributed by atoms with Crippen molar-refractivity contribution in [3.05, 3.63) is 0 Å². The van der Waals surface area contributed by atoms with Crippen LogP contribution in [-0.4, -0.2) is 56.2 Å². The van der Waals surface area contributed by atoms with Crippen molar-refractivity contribution >= 4 is 13.2 Å². The topological polar surface area (TPSA) is 44.8 Å². The fourth-order valence-electron chi connectivity index (χ4n) is 4.50. The van der Waals surface area contributed by atoms with Crippen LogP contribution in [-0.2, 0) is 19.0 Å². The van der Waals surface area contributed by atoms with Crippen molar-refractivity contribution in [3.63, 3.8) is 0 Å². The third-order valence-electron chi connectivity index (χ3n) is 6.23. The van der Waals surface area contributed by atoms with Crippen LogP contribution in [0.15, 0.2) is 0 Å². The standard InChI is InChI=1S/C26H54O4P.BrH/c1-7-13-21-31(22-14-8-2,23-15-9-3)24-17-16-19-26(29-11-5,30-12-6)20-18-25(27)28-10-4;/h7-24H2,1-6H3;1H/q+1;/p-1. The highest BCUT2D eigenvalue weighted by molar-refractivity contribution is 7.75. The van der Waals surface area contributed by atoms with E-state index in [-0.39, 0.29) is 23.0 Å². The quantitative estimate of drug-likeness (QED) is 0.0864. The molecule has 0 aliphatic carbocycles. The first-order valence-corrected chi connectivity index (χ1v) is 15.8. The Bertz CT molecular complexity index is 406. The Balaban J connectivity index is 0.